The van der Waals surface area contributed by atoms with E-state index in [0.717, 1.165) is 57.0 Å². The van der Waals surface area contributed by atoms with Gasteiger partial charge in [0.25, 0.3) is 5.91 Å². The van der Waals surface area contributed by atoms with E-state index in [4.69, 9.17) is 0 Å². The van der Waals surface area contributed by atoms with E-state index in [2.05, 4.69) is 39.8 Å². The topological polar surface area (TPSA) is 44.4 Å². The van der Waals surface area contributed by atoms with Gasteiger partial charge in [-0.15, -0.1) is 11.8 Å². The van der Waals surface area contributed by atoms with Gasteiger partial charge < -0.3 is 15.5 Å². The van der Waals surface area contributed by atoms with Gasteiger partial charge in [0.05, 0.1) is 0 Å². The van der Waals surface area contributed by atoms with Gasteiger partial charge in [-0.2, -0.15) is 0 Å². The van der Waals surface area contributed by atoms with E-state index in [0.29, 0.717) is 0 Å². The van der Waals surface area contributed by atoms with Crippen LogP contribution in [0, 0.1) is 0 Å². The van der Waals surface area contributed by atoms with Crippen LogP contribution in [-0.4, -0.2) is 50.1 Å². The fourth-order valence-electron chi connectivity index (χ4n) is 2.98. The van der Waals surface area contributed by atoms with E-state index >= 15 is 0 Å². The first-order chi connectivity index (χ1) is 12.8. The van der Waals surface area contributed by atoms with Crippen molar-refractivity contribution in [2.45, 2.75) is 17.1 Å². The van der Waals surface area contributed by atoms with E-state index < -0.39 is 0 Å². The molecule has 0 aromatic heterocycles. The van der Waals surface area contributed by atoms with E-state index in [1.165, 1.54) is 10.5 Å². The summed E-state index contributed by atoms with van der Waals surface area (Å²) in [5.74, 6) is 0.961. The summed E-state index contributed by atoms with van der Waals surface area (Å²) in [7, 11) is 0. The molecule has 0 bridgehead atoms. The lowest BCUT2D eigenvalue weighted by molar-refractivity contribution is 0.0951. The number of carbonyl (C=O) groups is 1. The van der Waals surface area contributed by atoms with Crippen molar-refractivity contribution in [2.75, 3.05) is 39.3 Å². The molecule has 2 aromatic carbocycles. The zero-order chi connectivity index (χ0) is 18.0. The van der Waals surface area contributed by atoms with Crippen LogP contribution in [0.2, 0.25) is 0 Å². The summed E-state index contributed by atoms with van der Waals surface area (Å²) in [6, 6.07) is 18.3. The Bertz CT molecular complexity index is 669. The van der Waals surface area contributed by atoms with Crippen molar-refractivity contribution in [1.29, 1.82) is 0 Å². The molecule has 0 spiro atoms. The maximum Gasteiger partial charge on any atom is 0.251 e. The lowest BCUT2D eigenvalue weighted by Crippen LogP contribution is -2.44. The number of nitrogens with one attached hydrogen (secondary N) is 2. The number of hydrogen-bond donors (Lipinski definition) is 2. The van der Waals surface area contributed by atoms with Crippen LogP contribution in [0.1, 0.15) is 22.3 Å². The molecule has 3 rings (SSSR count). The molecular formula is C21H27N3OS. The molecule has 1 heterocycles. The molecule has 1 amide bonds. The van der Waals surface area contributed by atoms with Crippen molar-refractivity contribution in [3.63, 3.8) is 0 Å². The lowest BCUT2D eigenvalue weighted by atomic mass is 10.2. The number of thioether (sulfide) groups is 1. The molecule has 138 valence electrons. The summed E-state index contributed by atoms with van der Waals surface area (Å²) >= 11 is 1.79. The van der Waals surface area contributed by atoms with Crippen LogP contribution in [0.3, 0.4) is 0 Å². The van der Waals surface area contributed by atoms with E-state index in [9.17, 15) is 4.79 Å². The predicted octanol–water partition coefficient (Wildman–Crippen LogP) is 3.00. The normalized spacial score (nSPS) is 14.9. The van der Waals surface area contributed by atoms with Crippen LogP contribution in [0.25, 0.3) is 0 Å². The Morgan fingerprint density at radius 2 is 1.77 bits per heavy atom. The van der Waals surface area contributed by atoms with Gasteiger partial charge in [0, 0.05) is 48.9 Å². The van der Waals surface area contributed by atoms with E-state index in [1.807, 2.05) is 30.3 Å². The second-order valence-corrected chi connectivity index (χ2v) is 7.55. The minimum atomic E-state index is 0.0184. The first kappa shape index (κ1) is 19.0. The molecule has 1 aliphatic rings. The zero-order valence-corrected chi connectivity index (χ0v) is 15.9. The number of piperazine rings is 1. The fraction of sp³-hybridized carbons (Fsp3) is 0.381. The first-order valence-electron chi connectivity index (χ1n) is 9.29. The monoisotopic (exact) mass is 369 g/mol. The van der Waals surface area contributed by atoms with Crippen LogP contribution in [0.5, 0.6) is 0 Å². The van der Waals surface area contributed by atoms with Gasteiger partial charge in [-0.25, -0.2) is 0 Å². The minimum Gasteiger partial charge on any atom is -0.352 e. The minimum absolute atomic E-state index is 0.0184. The third kappa shape index (κ3) is 6.16. The third-order valence-corrected chi connectivity index (χ3v) is 5.59. The summed E-state index contributed by atoms with van der Waals surface area (Å²) in [6.07, 6.45) is 0.997. The second-order valence-electron chi connectivity index (χ2n) is 6.50. The number of amides is 1. The Morgan fingerprint density at radius 1 is 1.04 bits per heavy atom. The summed E-state index contributed by atoms with van der Waals surface area (Å²) < 4.78 is 0. The molecule has 4 nitrogen and oxygen atoms in total. The lowest BCUT2D eigenvalue weighted by Gasteiger charge is -2.27. The molecule has 2 N–H and O–H groups in total. The highest BCUT2D eigenvalue weighted by molar-refractivity contribution is 7.98. The van der Waals surface area contributed by atoms with Crippen LogP contribution in [0.4, 0.5) is 0 Å². The van der Waals surface area contributed by atoms with Gasteiger partial charge in [0.15, 0.2) is 0 Å². The summed E-state index contributed by atoms with van der Waals surface area (Å²) in [5, 5.41) is 6.38. The Hall–Kier alpha value is -1.82. The summed E-state index contributed by atoms with van der Waals surface area (Å²) in [6.45, 7) is 6.14. The summed E-state index contributed by atoms with van der Waals surface area (Å²) in [4.78, 5) is 15.9. The van der Waals surface area contributed by atoms with Crippen LogP contribution in [-0.2, 0) is 5.75 Å². The smallest absolute Gasteiger partial charge is 0.251 e. The van der Waals surface area contributed by atoms with E-state index in [1.54, 1.807) is 11.8 Å². The second kappa shape index (κ2) is 10.4. The Morgan fingerprint density at radius 3 is 2.50 bits per heavy atom. The predicted molar refractivity (Wildman–Crippen MR) is 109 cm³/mol. The number of hydrogen-bond acceptors (Lipinski definition) is 4. The molecule has 0 aliphatic carbocycles. The standard InChI is InChI=1S/C21H27N3OS/c25-21(23-11-4-14-24-15-12-22-13-16-24)19-7-9-20(10-8-19)26-17-18-5-2-1-3-6-18/h1-3,5-10,22H,4,11-17H2,(H,23,25). The summed E-state index contributed by atoms with van der Waals surface area (Å²) in [5.41, 5.74) is 2.04. The average molecular weight is 370 g/mol. The zero-order valence-electron chi connectivity index (χ0n) is 15.1. The number of rotatable bonds is 8. The SMILES string of the molecule is O=C(NCCCN1CCNCC1)c1ccc(SCc2ccccc2)cc1. The van der Waals surface area contributed by atoms with Crippen molar-refractivity contribution in [3.8, 4) is 0 Å². The highest BCUT2D eigenvalue weighted by atomic mass is 32.2. The molecule has 1 saturated heterocycles. The maximum atomic E-state index is 12.2. The van der Waals surface area contributed by atoms with Gasteiger partial charge in [0.1, 0.15) is 0 Å². The Balaban J connectivity index is 1.37. The molecule has 2 aromatic rings. The maximum absolute atomic E-state index is 12.2. The largest absolute Gasteiger partial charge is 0.352 e. The molecule has 0 saturated carbocycles. The number of carbonyl (C=O) groups excluding carboxylic acids is 1. The first-order valence-corrected chi connectivity index (χ1v) is 10.3. The quantitative estimate of drug-likeness (QED) is 0.555. The molecule has 1 aliphatic heterocycles. The molecule has 0 radical (unpaired) electrons. The van der Waals surface area contributed by atoms with Gasteiger partial charge in [-0.3, -0.25) is 4.79 Å². The molecule has 0 unspecified atom stereocenters. The Kier molecular flexibility index (Phi) is 7.55. The van der Waals surface area contributed by atoms with Crippen LogP contribution >= 0.6 is 11.8 Å². The highest BCUT2D eigenvalue weighted by Gasteiger charge is 2.09. The van der Waals surface area contributed by atoms with Gasteiger partial charge in [-0.05, 0) is 42.8 Å². The van der Waals surface area contributed by atoms with Crippen molar-refractivity contribution < 1.29 is 4.79 Å². The van der Waals surface area contributed by atoms with Crippen LogP contribution < -0.4 is 10.6 Å². The average Bonchev–Trinajstić information content (AvgIpc) is 2.71. The van der Waals surface area contributed by atoms with Gasteiger partial charge in [0.2, 0.25) is 0 Å². The Labute approximate surface area is 160 Å². The van der Waals surface area contributed by atoms with Crippen molar-refractivity contribution in [3.05, 3.63) is 65.7 Å². The van der Waals surface area contributed by atoms with E-state index in [-0.39, 0.29) is 5.91 Å². The third-order valence-electron chi connectivity index (χ3n) is 4.51. The van der Waals surface area contributed by atoms with Crippen LogP contribution in [0.15, 0.2) is 59.5 Å². The number of benzene rings is 2. The molecule has 0 atom stereocenters. The fourth-order valence-corrected chi connectivity index (χ4v) is 3.84. The van der Waals surface area contributed by atoms with Crippen molar-refractivity contribution in [2.24, 2.45) is 0 Å². The molecular weight excluding hydrogens is 342 g/mol. The van der Waals surface area contributed by atoms with Gasteiger partial charge >= 0.3 is 0 Å². The molecule has 5 heteroatoms. The van der Waals surface area contributed by atoms with Crippen molar-refractivity contribution >= 4 is 17.7 Å². The number of nitrogens with zero attached hydrogens (tertiary/aromatic N) is 1. The van der Waals surface area contributed by atoms with Gasteiger partial charge in [-0.1, -0.05) is 30.3 Å². The highest BCUT2D eigenvalue weighted by Crippen LogP contribution is 2.22. The van der Waals surface area contributed by atoms with Crippen molar-refractivity contribution in [1.82, 2.24) is 15.5 Å². The molecule has 26 heavy (non-hydrogen) atoms. The molecule has 1 fully saturated rings.